The third-order valence-electron chi connectivity index (χ3n) is 3.40. The van der Waals surface area contributed by atoms with E-state index in [0.717, 1.165) is 28.0 Å². The van der Waals surface area contributed by atoms with Crippen LogP contribution in [-0.2, 0) is 0 Å². The minimum Gasteiger partial charge on any atom is -0.294 e. The molecule has 2 nitrogen and oxygen atoms in total. The molecule has 1 heterocycles. The summed E-state index contributed by atoms with van der Waals surface area (Å²) in [5.41, 5.74) is 6.81. The normalized spacial score (nSPS) is 11.4. The quantitative estimate of drug-likeness (QED) is 0.417. The van der Waals surface area contributed by atoms with Gasteiger partial charge in [-0.25, -0.2) is 0 Å². The second kappa shape index (κ2) is 11.4. The second-order valence-corrected chi connectivity index (χ2v) is 6.02. The predicted octanol–water partition coefficient (Wildman–Crippen LogP) is 6.88. The van der Waals surface area contributed by atoms with Crippen molar-refractivity contribution in [1.29, 1.82) is 0 Å². The summed E-state index contributed by atoms with van der Waals surface area (Å²) in [5.74, 6) is 0.110. The van der Waals surface area contributed by atoms with E-state index in [2.05, 4.69) is 43.6 Å². The van der Waals surface area contributed by atoms with Crippen LogP contribution in [0.2, 0.25) is 0 Å². The van der Waals surface area contributed by atoms with E-state index in [-0.39, 0.29) is 5.78 Å². The summed E-state index contributed by atoms with van der Waals surface area (Å²) < 4.78 is 0. The first-order valence-corrected chi connectivity index (χ1v) is 8.99. The van der Waals surface area contributed by atoms with Crippen molar-refractivity contribution >= 4 is 11.4 Å². The molecule has 0 fully saturated rings. The maximum atomic E-state index is 12.3. The standard InChI is InChI=1S/C21H27NO.C2H6/c1-8-18(17(10-14(3)4)11-15(5)6)19-12-16(7)22-13-20(19)21(23)9-2;1-2/h8,10-13H,3,9H2,1-2,4-7H3;1-2H3/b17-10+,18-8-;. The van der Waals surface area contributed by atoms with Gasteiger partial charge in [0, 0.05) is 23.9 Å². The lowest BCUT2D eigenvalue weighted by Crippen LogP contribution is -2.05. The fraction of sp³-hybridized carbons (Fsp3) is 0.391. The smallest absolute Gasteiger partial charge is 0.164 e. The lowest BCUT2D eigenvalue weighted by Gasteiger charge is -2.15. The largest absolute Gasteiger partial charge is 0.294 e. The number of rotatable bonds is 6. The molecule has 2 heteroatoms. The molecular weight excluding hydrogens is 306 g/mol. The van der Waals surface area contributed by atoms with Crippen molar-refractivity contribution in [3.05, 3.63) is 70.6 Å². The van der Waals surface area contributed by atoms with Crippen molar-refractivity contribution in [2.24, 2.45) is 0 Å². The van der Waals surface area contributed by atoms with Gasteiger partial charge in [-0.15, -0.1) is 0 Å². The molecule has 0 spiro atoms. The number of hydrogen-bond acceptors (Lipinski definition) is 2. The van der Waals surface area contributed by atoms with E-state index in [0.29, 0.717) is 12.0 Å². The molecule has 0 bridgehead atoms. The van der Waals surface area contributed by atoms with Crippen molar-refractivity contribution < 1.29 is 4.79 Å². The zero-order valence-corrected chi connectivity index (χ0v) is 17.2. The van der Waals surface area contributed by atoms with Crippen molar-refractivity contribution in [1.82, 2.24) is 4.98 Å². The zero-order chi connectivity index (χ0) is 19.6. The zero-order valence-electron chi connectivity index (χ0n) is 17.2. The number of aryl methyl sites for hydroxylation is 1. The van der Waals surface area contributed by atoms with Crippen LogP contribution in [0, 0.1) is 6.92 Å². The van der Waals surface area contributed by atoms with Gasteiger partial charge in [-0.1, -0.05) is 56.7 Å². The Kier molecular flexibility index (Phi) is 10.3. The maximum Gasteiger partial charge on any atom is 0.164 e. The number of allylic oxidation sites excluding steroid dienone is 7. The number of hydrogen-bond donors (Lipinski definition) is 0. The summed E-state index contributed by atoms with van der Waals surface area (Å²) in [7, 11) is 0. The van der Waals surface area contributed by atoms with Crippen molar-refractivity contribution in [3.63, 3.8) is 0 Å². The fourth-order valence-electron chi connectivity index (χ4n) is 2.45. The number of pyridine rings is 1. The lowest BCUT2D eigenvalue weighted by molar-refractivity contribution is 0.0987. The molecule has 0 aromatic carbocycles. The van der Waals surface area contributed by atoms with Crippen LogP contribution in [-0.4, -0.2) is 10.8 Å². The van der Waals surface area contributed by atoms with Crippen LogP contribution in [0.5, 0.6) is 0 Å². The summed E-state index contributed by atoms with van der Waals surface area (Å²) >= 11 is 0. The molecule has 25 heavy (non-hydrogen) atoms. The molecule has 1 aromatic rings. The summed E-state index contributed by atoms with van der Waals surface area (Å²) in [6.45, 7) is 19.9. The van der Waals surface area contributed by atoms with Crippen molar-refractivity contribution in [2.45, 2.75) is 61.8 Å². The van der Waals surface area contributed by atoms with E-state index < -0.39 is 0 Å². The van der Waals surface area contributed by atoms with Gasteiger partial charge in [-0.2, -0.15) is 0 Å². The molecule has 0 amide bonds. The van der Waals surface area contributed by atoms with Crippen molar-refractivity contribution in [2.75, 3.05) is 0 Å². The number of carbonyl (C=O) groups is 1. The van der Waals surface area contributed by atoms with Crippen LogP contribution in [0.25, 0.3) is 5.57 Å². The summed E-state index contributed by atoms with van der Waals surface area (Å²) in [6, 6.07) is 1.99. The Morgan fingerprint density at radius 2 is 1.76 bits per heavy atom. The first kappa shape index (κ1) is 22.8. The van der Waals surface area contributed by atoms with Gasteiger partial charge in [0.1, 0.15) is 0 Å². The molecule has 0 aliphatic carbocycles. The first-order chi connectivity index (χ1) is 11.8. The van der Waals surface area contributed by atoms with Gasteiger partial charge in [0.05, 0.1) is 0 Å². The van der Waals surface area contributed by atoms with Crippen LogP contribution < -0.4 is 0 Å². The van der Waals surface area contributed by atoms with Gasteiger partial charge < -0.3 is 0 Å². The Balaban J connectivity index is 0.00000277. The highest BCUT2D eigenvalue weighted by molar-refractivity contribution is 6.02. The molecule has 0 atom stereocenters. The van der Waals surface area contributed by atoms with Crippen LogP contribution in [0.4, 0.5) is 0 Å². The van der Waals surface area contributed by atoms with Gasteiger partial charge in [0.25, 0.3) is 0 Å². The van der Waals surface area contributed by atoms with E-state index in [1.54, 1.807) is 6.20 Å². The number of carbonyl (C=O) groups excluding carboxylic acids is 1. The Morgan fingerprint density at radius 3 is 2.20 bits per heavy atom. The highest BCUT2D eigenvalue weighted by Crippen LogP contribution is 2.29. The highest BCUT2D eigenvalue weighted by atomic mass is 16.1. The second-order valence-electron chi connectivity index (χ2n) is 6.02. The Morgan fingerprint density at radius 1 is 1.16 bits per heavy atom. The number of nitrogens with zero attached hydrogens (tertiary/aromatic N) is 1. The molecule has 0 unspecified atom stereocenters. The monoisotopic (exact) mass is 339 g/mol. The average molecular weight is 340 g/mol. The Labute approximate surface area is 154 Å². The minimum atomic E-state index is 0.110. The van der Waals surface area contributed by atoms with Gasteiger partial charge >= 0.3 is 0 Å². The molecule has 0 saturated carbocycles. The Bertz CT molecular complexity index is 699. The van der Waals surface area contributed by atoms with Crippen LogP contribution in [0.15, 0.2) is 53.8 Å². The molecule has 136 valence electrons. The average Bonchev–Trinajstić information content (AvgIpc) is 2.55. The minimum absolute atomic E-state index is 0.110. The number of ketones is 1. The molecule has 0 saturated heterocycles. The van der Waals surface area contributed by atoms with E-state index in [1.807, 2.05) is 47.6 Å². The predicted molar refractivity (Wildman–Crippen MR) is 111 cm³/mol. The molecule has 0 radical (unpaired) electrons. The Hall–Kier alpha value is -2.22. The summed E-state index contributed by atoms with van der Waals surface area (Å²) in [5, 5.41) is 0. The van der Waals surface area contributed by atoms with Crippen LogP contribution in [0.3, 0.4) is 0 Å². The fourth-order valence-corrected chi connectivity index (χ4v) is 2.45. The molecular formula is C23H33NO. The van der Waals surface area contributed by atoms with E-state index >= 15 is 0 Å². The highest BCUT2D eigenvalue weighted by Gasteiger charge is 2.16. The number of aromatic nitrogens is 1. The van der Waals surface area contributed by atoms with E-state index in [9.17, 15) is 4.79 Å². The molecule has 0 N–H and O–H groups in total. The first-order valence-electron chi connectivity index (χ1n) is 8.99. The summed E-state index contributed by atoms with van der Waals surface area (Å²) in [4.78, 5) is 16.6. The van der Waals surface area contributed by atoms with E-state index in [1.165, 1.54) is 5.57 Å². The van der Waals surface area contributed by atoms with Crippen molar-refractivity contribution in [3.8, 4) is 0 Å². The third kappa shape index (κ3) is 7.04. The van der Waals surface area contributed by atoms with Gasteiger partial charge in [0.2, 0.25) is 0 Å². The summed E-state index contributed by atoms with van der Waals surface area (Å²) in [6.07, 6.45) is 8.39. The van der Waals surface area contributed by atoms with Gasteiger partial charge in [-0.3, -0.25) is 9.78 Å². The van der Waals surface area contributed by atoms with E-state index in [4.69, 9.17) is 0 Å². The van der Waals surface area contributed by atoms with Gasteiger partial charge in [0.15, 0.2) is 5.78 Å². The third-order valence-corrected chi connectivity index (χ3v) is 3.40. The number of Topliss-reactive ketones (excluding diaryl/α,β-unsaturated/α-hetero) is 1. The molecule has 0 aliphatic heterocycles. The van der Waals surface area contributed by atoms with Crippen LogP contribution >= 0.6 is 0 Å². The molecule has 0 aliphatic rings. The lowest BCUT2D eigenvalue weighted by atomic mass is 9.90. The van der Waals surface area contributed by atoms with Crippen LogP contribution in [0.1, 0.15) is 76.5 Å². The van der Waals surface area contributed by atoms with Gasteiger partial charge in [-0.05, 0) is 57.4 Å². The maximum absolute atomic E-state index is 12.3. The SMILES string of the molecule is C=C(C)/C=C(C=C(C)C)/C(=C/C)c1cc(C)ncc1C(=O)CC.CC. The molecule has 1 aromatic heterocycles. The topological polar surface area (TPSA) is 30.0 Å². The molecule has 1 rings (SSSR count).